The van der Waals surface area contributed by atoms with Gasteiger partial charge < -0.3 is 14.8 Å². The number of hydrogen-bond acceptors (Lipinski definition) is 4. The van der Waals surface area contributed by atoms with Gasteiger partial charge in [0.2, 0.25) is 12.7 Å². The number of nitrogens with one attached hydrogen (secondary N) is 2. The summed E-state index contributed by atoms with van der Waals surface area (Å²) in [6.07, 6.45) is 0. The predicted molar refractivity (Wildman–Crippen MR) is 113 cm³/mol. The zero-order valence-corrected chi connectivity index (χ0v) is 16.6. The summed E-state index contributed by atoms with van der Waals surface area (Å²) < 4.78 is 10.8. The molecule has 0 unspecified atom stereocenters. The molecule has 0 radical (unpaired) electrons. The molecule has 0 saturated carbocycles. The van der Waals surface area contributed by atoms with Crippen molar-refractivity contribution in [3.05, 3.63) is 89.0 Å². The lowest BCUT2D eigenvalue weighted by molar-refractivity contribution is -0.118. The van der Waals surface area contributed by atoms with Crippen LogP contribution in [-0.4, -0.2) is 12.7 Å². The standard InChI is InChI=1S/C24H24N2O3/c1-16-8-9-17(2)20(12-16)26-24(27)23(19-6-4-3-5-7-19)25-14-18-10-11-21-22(13-18)29-15-28-21/h3-13,23,25H,14-15H2,1-2H3,(H,26,27)/t23-/m1/s1. The number of hydrogen-bond donors (Lipinski definition) is 2. The Morgan fingerprint density at radius 1 is 0.966 bits per heavy atom. The van der Waals surface area contributed by atoms with Crippen LogP contribution in [0.3, 0.4) is 0 Å². The van der Waals surface area contributed by atoms with Gasteiger partial charge in [-0.2, -0.15) is 0 Å². The van der Waals surface area contributed by atoms with Crippen LogP contribution in [0.2, 0.25) is 0 Å². The van der Waals surface area contributed by atoms with E-state index in [-0.39, 0.29) is 12.7 Å². The van der Waals surface area contributed by atoms with Crippen molar-refractivity contribution in [1.82, 2.24) is 5.32 Å². The summed E-state index contributed by atoms with van der Waals surface area (Å²) in [5.41, 5.74) is 4.91. The van der Waals surface area contributed by atoms with Crippen LogP contribution < -0.4 is 20.1 Å². The topological polar surface area (TPSA) is 59.6 Å². The highest BCUT2D eigenvalue weighted by atomic mass is 16.7. The van der Waals surface area contributed by atoms with Crippen LogP contribution in [0.25, 0.3) is 0 Å². The van der Waals surface area contributed by atoms with Crippen LogP contribution >= 0.6 is 0 Å². The Balaban J connectivity index is 1.53. The Labute approximate surface area is 170 Å². The minimum atomic E-state index is -0.485. The lowest BCUT2D eigenvalue weighted by atomic mass is 10.0. The molecule has 1 aliphatic rings. The predicted octanol–water partition coefficient (Wildman–Crippen LogP) is 4.50. The highest BCUT2D eigenvalue weighted by Gasteiger charge is 2.21. The Morgan fingerprint density at radius 2 is 1.76 bits per heavy atom. The molecular weight excluding hydrogens is 364 g/mol. The van der Waals surface area contributed by atoms with Crippen molar-refractivity contribution in [2.75, 3.05) is 12.1 Å². The van der Waals surface area contributed by atoms with E-state index in [9.17, 15) is 4.79 Å². The highest BCUT2D eigenvalue weighted by molar-refractivity contribution is 5.96. The first-order chi connectivity index (χ1) is 14.1. The van der Waals surface area contributed by atoms with Crippen molar-refractivity contribution in [2.45, 2.75) is 26.4 Å². The van der Waals surface area contributed by atoms with Gasteiger partial charge in [-0.1, -0.05) is 48.5 Å². The summed E-state index contributed by atoms with van der Waals surface area (Å²) in [5.74, 6) is 1.40. The van der Waals surface area contributed by atoms with E-state index in [0.717, 1.165) is 39.4 Å². The largest absolute Gasteiger partial charge is 0.454 e. The van der Waals surface area contributed by atoms with Gasteiger partial charge in [-0.3, -0.25) is 10.1 Å². The first-order valence-corrected chi connectivity index (χ1v) is 9.65. The monoisotopic (exact) mass is 388 g/mol. The Bertz CT molecular complexity index is 1020. The molecule has 1 atom stereocenters. The molecule has 4 rings (SSSR count). The van der Waals surface area contributed by atoms with Crippen molar-refractivity contribution < 1.29 is 14.3 Å². The third kappa shape index (κ3) is 4.41. The van der Waals surface area contributed by atoms with Crippen LogP contribution in [0.1, 0.15) is 28.3 Å². The maximum atomic E-state index is 13.2. The zero-order valence-electron chi connectivity index (χ0n) is 16.6. The molecule has 3 aromatic carbocycles. The summed E-state index contributed by atoms with van der Waals surface area (Å²) in [6, 6.07) is 21.1. The number of carbonyl (C=O) groups is 1. The van der Waals surface area contributed by atoms with Gasteiger partial charge in [-0.25, -0.2) is 0 Å². The van der Waals surface area contributed by atoms with Gasteiger partial charge in [0.15, 0.2) is 11.5 Å². The van der Waals surface area contributed by atoms with E-state index in [1.807, 2.05) is 80.6 Å². The molecule has 3 aromatic rings. The fourth-order valence-corrected chi connectivity index (χ4v) is 3.35. The summed E-state index contributed by atoms with van der Waals surface area (Å²) in [6.45, 7) is 4.78. The average molecular weight is 388 g/mol. The zero-order chi connectivity index (χ0) is 20.2. The lowest BCUT2D eigenvalue weighted by Crippen LogP contribution is -2.33. The normalized spacial score (nSPS) is 13.2. The molecule has 1 heterocycles. The first-order valence-electron chi connectivity index (χ1n) is 9.65. The molecule has 148 valence electrons. The molecule has 0 bridgehead atoms. The fraction of sp³-hybridized carbons (Fsp3) is 0.208. The number of anilines is 1. The fourth-order valence-electron chi connectivity index (χ4n) is 3.35. The number of carbonyl (C=O) groups excluding carboxylic acids is 1. The molecule has 2 N–H and O–H groups in total. The minimum absolute atomic E-state index is 0.0920. The quantitative estimate of drug-likeness (QED) is 0.653. The van der Waals surface area contributed by atoms with Crippen molar-refractivity contribution >= 4 is 11.6 Å². The molecule has 0 aliphatic carbocycles. The van der Waals surface area contributed by atoms with Crippen molar-refractivity contribution in [2.24, 2.45) is 0 Å². The molecule has 0 saturated heterocycles. The number of amides is 1. The molecule has 29 heavy (non-hydrogen) atoms. The van der Waals surface area contributed by atoms with E-state index in [2.05, 4.69) is 10.6 Å². The first kappa shape index (κ1) is 19.0. The number of rotatable bonds is 6. The SMILES string of the molecule is Cc1ccc(C)c(NC(=O)[C@H](NCc2ccc3c(c2)OCO3)c2ccccc2)c1. The summed E-state index contributed by atoms with van der Waals surface area (Å²) in [7, 11) is 0. The number of benzene rings is 3. The van der Waals surface area contributed by atoms with Gasteiger partial charge in [0.25, 0.3) is 0 Å². The third-order valence-electron chi connectivity index (χ3n) is 4.99. The molecule has 5 nitrogen and oxygen atoms in total. The number of ether oxygens (including phenoxy) is 2. The Kier molecular flexibility index (Phi) is 5.49. The van der Waals surface area contributed by atoms with E-state index in [1.165, 1.54) is 0 Å². The van der Waals surface area contributed by atoms with Crippen LogP contribution in [0.15, 0.2) is 66.7 Å². The summed E-state index contributed by atoms with van der Waals surface area (Å²) in [5, 5.41) is 6.47. The van der Waals surface area contributed by atoms with Crippen LogP contribution in [0.5, 0.6) is 11.5 Å². The molecule has 1 aliphatic heterocycles. The van der Waals surface area contributed by atoms with Crippen LogP contribution in [0.4, 0.5) is 5.69 Å². The highest BCUT2D eigenvalue weighted by Crippen LogP contribution is 2.32. The molecule has 1 amide bonds. The second-order valence-electron chi connectivity index (χ2n) is 7.22. The molecular formula is C24H24N2O3. The maximum absolute atomic E-state index is 13.2. The van der Waals surface area contributed by atoms with E-state index < -0.39 is 6.04 Å². The second kappa shape index (κ2) is 8.37. The van der Waals surface area contributed by atoms with E-state index in [0.29, 0.717) is 6.54 Å². The molecule has 5 heteroatoms. The van der Waals surface area contributed by atoms with Crippen molar-refractivity contribution in [3.63, 3.8) is 0 Å². The van der Waals surface area contributed by atoms with E-state index >= 15 is 0 Å². The third-order valence-corrected chi connectivity index (χ3v) is 4.99. The second-order valence-corrected chi connectivity index (χ2v) is 7.22. The van der Waals surface area contributed by atoms with E-state index in [4.69, 9.17) is 9.47 Å². The van der Waals surface area contributed by atoms with Gasteiger partial charge in [0.05, 0.1) is 0 Å². The molecule has 0 spiro atoms. The summed E-state index contributed by atoms with van der Waals surface area (Å²) >= 11 is 0. The Hall–Kier alpha value is -3.31. The lowest BCUT2D eigenvalue weighted by Gasteiger charge is -2.20. The van der Waals surface area contributed by atoms with E-state index in [1.54, 1.807) is 0 Å². The van der Waals surface area contributed by atoms with Crippen LogP contribution in [-0.2, 0) is 11.3 Å². The molecule has 0 aromatic heterocycles. The van der Waals surface area contributed by atoms with Crippen molar-refractivity contribution in [1.29, 1.82) is 0 Å². The van der Waals surface area contributed by atoms with Gasteiger partial charge in [-0.15, -0.1) is 0 Å². The van der Waals surface area contributed by atoms with Gasteiger partial charge in [0, 0.05) is 12.2 Å². The summed E-state index contributed by atoms with van der Waals surface area (Å²) in [4.78, 5) is 13.2. The number of fused-ring (bicyclic) bond motifs is 1. The number of aryl methyl sites for hydroxylation is 2. The maximum Gasteiger partial charge on any atom is 0.246 e. The average Bonchev–Trinajstić information content (AvgIpc) is 3.19. The van der Waals surface area contributed by atoms with Crippen molar-refractivity contribution in [3.8, 4) is 11.5 Å². The minimum Gasteiger partial charge on any atom is -0.454 e. The molecule has 0 fully saturated rings. The van der Waals surface area contributed by atoms with Gasteiger partial charge in [0.1, 0.15) is 6.04 Å². The van der Waals surface area contributed by atoms with Gasteiger partial charge in [-0.05, 0) is 54.3 Å². The van der Waals surface area contributed by atoms with Gasteiger partial charge >= 0.3 is 0 Å². The van der Waals surface area contributed by atoms with Crippen LogP contribution in [0, 0.1) is 13.8 Å². The Morgan fingerprint density at radius 3 is 2.59 bits per heavy atom. The smallest absolute Gasteiger partial charge is 0.246 e.